The molecule has 0 bridgehead atoms. The van der Waals surface area contributed by atoms with Gasteiger partial charge in [0.15, 0.2) is 0 Å². The molecule has 2 aromatic heterocycles. The maximum absolute atomic E-state index is 13.5. The Morgan fingerprint density at radius 3 is 2.53 bits per heavy atom. The number of nitrogens with zero attached hydrogens (tertiary/aromatic N) is 3. The molecule has 2 heterocycles. The highest BCUT2D eigenvalue weighted by atomic mass is 19.4. The lowest BCUT2D eigenvalue weighted by Gasteiger charge is -2.14. The van der Waals surface area contributed by atoms with Crippen molar-refractivity contribution in [1.29, 1.82) is 5.26 Å². The predicted octanol–water partition coefficient (Wildman–Crippen LogP) is 5.76. The van der Waals surface area contributed by atoms with Crippen LogP contribution in [0.1, 0.15) is 32.7 Å². The van der Waals surface area contributed by atoms with Gasteiger partial charge in [-0.1, -0.05) is 30.3 Å². The maximum Gasteiger partial charge on any atom is 0.417 e. The fraction of sp³-hybridized carbons (Fsp3) is 0.143. The van der Waals surface area contributed by atoms with Crippen molar-refractivity contribution < 1.29 is 22.4 Å². The van der Waals surface area contributed by atoms with Gasteiger partial charge < -0.3 is 10.6 Å². The van der Waals surface area contributed by atoms with Gasteiger partial charge >= 0.3 is 6.18 Å². The van der Waals surface area contributed by atoms with Crippen molar-refractivity contribution >= 4 is 11.7 Å². The normalized spacial score (nSPS) is 11.0. The number of carbonyl (C=O) groups is 1. The summed E-state index contributed by atoms with van der Waals surface area (Å²) in [5, 5.41) is 15.2. The lowest BCUT2D eigenvalue weighted by Crippen LogP contribution is -2.25. The van der Waals surface area contributed by atoms with Crippen molar-refractivity contribution in [3.05, 3.63) is 113 Å². The molecule has 0 fully saturated rings. The zero-order valence-electron chi connectivity index (χ0n) is 19.9. The second-order valence-corrected chi connectivity index (χ2v) is 8.28. The van der Waals surface area contributed by atoms with Crippen molar-refractivity contribution in [3.8, 4) is 17.3 Å². The summed E-state index contributed by atoms with van der Waals surface area (Å²) < 4.78 is 51.8. The minimum Gasteiger partial charge on any atom is -0.369 e. The fourth-order valence-electron chi connectivity index (χ4n) is 3.71. The topological polar surface area (TPSA) is 90.7 Å². The molecule has 1 amide bonds. The van der Waals surface area contributed by atoms with Gasteiger partial charge in [-0.15, -0.1) is 0 Å². The first kappa shape index (κ1) is 26.3. The van der Waals surface area contributed by atoms with E-state index in [-0.39, 0.29) is 29.4 Å². The summed E-state index contributed by atoms with van der Waals surface area (Å²) in [4.78, 5) is 21.4. The Kier molecular flexibility index (Phi) is 7.97. The van der Waals surface area contributed by atoms with E-state index >= 15 is 0 Å². The summed E-state index contributed by atoms with van der Waals surface area (Å²) >= 11 is 0. The lowest BCUT2D eigenvalue weighted by molar-refractivity contribution is -0.137. The standard InChI is InChI=1S/C28H21F4N5O/c29-21-6-3-4-18(14-21)12-13-34-26-24(10-11-25(37-26)23-7-2-1-5-19(23)15-33)27(38)36-17-22-9-8-20(16-35-22)28(30,31)32/h1-11,14,16H,12-13,17H2,(H,34,37)(H,36,38). The molecule has 0 aliphatic heterocycles. The summed E-state index contributed by atoms with van der Waals surface area (Å²) in [5.74, 6) is -0.634. The van der Waals surface area contributed by atoms with Gasteiger partial charge in [-0.2, -0.15) is 18.4 Å². The third-order valence-corrected chi connectivity index (χ3v) is 5.64. The van der Waals surface area contributed by atoms with Gasteiger partial charge in [0.2, 0.25) is 0 Å². The number of anilines is 1. The number of amides is 1. The molecule has 0 unspecified atom stereocenters. The second-order valence-electron chi connectivity index (χ2n) is 8.28. The highest BCUT2D eigenvalue weighted by Gasteiger charge is 2.30. The van der Waals surface area contributed by atoms with E-state index in [0.29, 0.717) is 36.0 Å². The number of aromatic nitrogens is 2. The maximum atomic E-state index is 13.5. The Morgan fingerprint density at radius 1 is 1.00 bits per heavy atom. The number of halogens is 4. The van der Waals surface area contributed by atoms with Crippen molar-refractivity contribution in [2.24, 2.45) is 0 Å². The minimum absolute atomic E-state index is 0.0985. The Labute approximate surface area is 216 Å². The Morgan fingerprint density at radius 2 is 1.82 bits per heavy atom. The van der Waals surface area contributed by atoms with Gasteiger partial charge in [0, 0.05) is 18.3 Å². The zero-order chi connectivity index (χ0) is 27.1. The Hall–Kier alpha value is -4.78. The first-order valence-electron chi connectivity index (χ1n) is 11.5. The van der Waals surface area contributed by atoms with Gasteiger partial charge in [0.1, 0.15) is 11.6 Å². The molecule has 0 radical (unpaired) electrons. The van der Waals surface area contributed by atoms with Gasteiger partial charge in [-0.3, -0.25) is 9.78 Å². The summed E-state index contributed by atoms with van der Waals surface area (Å²) in [7, 11) is 0. The van der Waals surface area contributed by atoms with E-state index < -0.39 is 17.6 Å². The molecule has 6 nitrogen and oxygen atoms in total. The molecule has 0 saturated heterocycles. The smallest absolute Gasteiger partial charge is 0.369 e. The number of nitriles is 1. The molecule has 38 heavy (non-hydrogen) atoms. The molecule has 0 spiro atoms. The third-order valence-electron chi connectivity index (χ3n) is 5.64. The molecule has 0 aliphatic rings. The number of carbonyl (C=O) groups excluding carboxylic acids is 1. The highest BCUT2D eigenvalue weighted by molar-refractivity contribution is 5.99. The summed E-state index contributed by atoms with van der Waals surface area (Å²) in [5.41, 5.74) is 1.78. The molecule has 0 aliphatic carbocycles. The van der Waals surface area contributed by atoms with Gasteiger partial charge in [0.05, 0.1) is 40.7 Å². The zero-order valence-corrected chi connectivity index (χ0v) is 19.9. The molecule has 4 aromatic rings. The van der Waals surface area contributed by atoms with Crippen LogP contribution >= 0.6 is 0 Å². The molecule has 0 saturated carbocycles. The van der Waals surface area contributed by atoms with Crippen molar-refractivity contribution in [1.82, 2.24) is 15.3 Å². The molecular formula is C28H21F4N5O. The van der Waals surface area contributed by atoms with E-state index in [1.54, 1.807) is 48.5 Å². The van der Waals surface area contributed by atoms with Crippen LogP contribution in [0.2, 0.25) is 0 Å². The summed E-state index contributed by atoms with van der Waals surface area (Å²) in [6, 6.07) is 20.4. The average Bonchev–Trinajstić information content (AvgIpc) is 2.91. The number of hydrogen-bond donors (Lipinski definition) is 2. The average molecular weight is 520 g/mol. The monoisotopic (exact) mass is 519 g/mol. The third kappa shape index (κ3) is 6.50. The van der Waals surface area contributed by atoms with E-state index in [0.717, 1.165) is 11.6 Å². The largest absolute Gasteiger partial charge is 0.417 e. The molecule has 2 N–H and O–H groups in total. The Bertz CT molecular complexity index is 1480. The lowest BCUT2D eigenvalue weighted by atomic mass is 10.0. The van der Waals surface area contributed by atoms with Gasteiger partial charge in [-0.25, -0.2) is 9.37 Å². The van der Waals surface area contributed by atoms with E-state index in [9.17, 15) is 27.6 Å². The number of benzene rings is 2. The number of nitrogens with one attached hydrogen (secondary N) is 2. The second kappa shape index (κ2) is 11.5. The number of alkyl halides is 3. The van der Waals surface area contributed by atoms with Crippen LogP contribution in [0.5, 0.6) is 0 Å². The predicted molar refractivity (Wildman–Crippen MR) is 133 cm³/mol. The van der Waals surface area contributed by atoms with Crippen LogP contribution in [0.15, 0.2) is 79.0 Å². The van der Waals surface area contributed by atoms with Crippen LogP contribution in [-0.4, -0.2) is 22.4 Å². The highest BCUT2D eigenvalue weighted by Crippen LogP contribution is 2.28. The summed E-state index contributed by atoms with van der Waals surface area (Å²) in [6.45, 7) is 0.235. The summed E-state index contributed by atoms with van der Waals surface area (Å²) in [6.07, 6.45) is -3.34. The van der Waals surface area contributed by atoms with Crippen LogP contribution in [0.3, 0.4) is 0 Å². The number of rotatable bonds is 8. The van der Waals surface area contributed by atoms with Crippen LogP contribution in [0.4, 0.5) is 23.4 Å². The van der Waals surface area contributed by atoms with Crippen LogP contribution in [0.25, 0.3) is 11.3 Å². The Balaban J connectivity index is 1.55. The van der Waals surface area contributed by atoms with Gasteiger partial charge in [0.25, 0.3) is 5.91 Å². The molecule has 0 atom stereocenters. The van der Waals surface area contributed by atoms with E-state index in [1.165, 1.54) is 18.2 Å². The van der Waals surface area contributed by atoms with Crippen molar-refractivity contribution in [2.45, 2.75) is 19.1 Å². The van der Waals surface area contributed by atoms with E-state index in [4.69, 9.17) is 0 Å². The van der Waals surface area contributed by atoms with E-state index in [2.05, 4.69) is 26.7 Å². The SMILES string of the molecule is N#Cc1ccccc1-c1ccc(C(=O)NCc2ccc(C(F)(F)F)cn2)c(NCCc2cccc(F)c2)n1. The van der Waals surface area contributed by atoms with E-state index in [1.807, 2.05) is 0 Å². The van der Waals surface area contributed by atoms with Crippen LogP contribution in [0, 0.1) is 17.1 Å². The molecule has 10 heteroatoms. The van der Waals surface area contributed by atoms with Crippen molar-refractivity contribution in [2.75, 3.05) is 11.9 Å². The molecule has 192 valence electrons. The molecular weight excluding hydrogens is 498 g/mol. The first-order chi connectivity index (χ1) is 18.2. The number of hydrogen-bond acceptors (Lipinski definition) is 5. The molecule has 4 rings (SSSR count). The first-order valence-corrected chi connectivity index (χ1v) is 11.5. The number of pyridine rings is 2. The van der Waals surface area contributed by atoms with Crippen molar-refractivity contribution in [3.63, 3.8) is 0 Å². The van der Waals surface area contributed by atoms with Crippen LogP contribution < -0.4 is 10.6 Å². The fourth-order valence-corrected chi connectivity index (χ4v) is 3.71. The quantitative estimate of drug-likeness (QED) is 0.289. The van der Waals surface area contributed by atoms with Crippen LogP contribution in [-0.2, 0) is 19.1 Å². The molecule has 2 aromatic carbocycles. The minimum atomic E-state index is -4.50. The van der Waals surface area contributed by atoms with Gasteiger partial charge in [-0.05, 0) is 54.4 Å².